The third kappa shape index (κ3) is 4.71. The maximum Gasteiger partial charge on any atom is 0.164 e. The Morgan fingerprint density at radius 3 is 1.73 bits per heavy atom. The molecule has 242 valence electrons. The minimum absolute atomic E-state index is 0.600. The normalized spacial score (nSPS) is 11.8. The highest BCUT2D eigenvalue weighted by Gasteiger charge is 2.20. The summed E-state index contributed by atoms with van der Waals surface area (Å²) in [6.07, 6.45) is 0. The summed E-state index contributed by atoms with van der Waals surface area (Å²) in [4.78, 5) is 15.7. The maximum atomic E-state index is 6.55. The molecule has 11 rings (SSSR count). The fourth-order valence-electron chi connectivity index (χ4n) is 7.51. The van der Waals surface area contributed by atoms with E-state index in [-0.39, 0.29) is 0 Å². The van der Waals surface area contributed by atoms with Crippen LogP contribution < -0.4 is 0 Å². The van der Waals surface area contributed by atoms with Crippen LogP contribution in [0.1, 0.15) is 0 Å². The Balaban J connectivity index is 1.19. The van der Waals surface area contributed by atoms with Gasteiger partial charge in [0.15, 0.2) is 17.5 Å². The molecule has 3 heterocycles. The Bertz CT molecular complexity index is 3210. The van der Waals surface area contributed by atoms with Crippen molar-refractivity contribution in [1.82, 2.24) is 15.0 Å². The van der Waals surface area contributed by atoms with Crippen molar-refractivity contribution < 1.29 is 4.42 Å². The average Bonchev–Trinajstić information content (AvgIpc) is 3.78. The summed E-state index contributed by atoms with van der Waals surface area (Å²) in [6.45, 7) is 0. The van der Waals surface area contributed by atoms with E-state index >= 15 is 0 Å². The lowest BCUT2D eigenvalue weighted by atomic mass is 9.96. The van der Waals surface area contributed by atoms with E-state index in [1.807, 2.05) is 12.1 Å². The van der Waals surface area contributed by atoms with Gasteiger partial charge in [-0.05, 0) is 87.3 Å². The molecule has 0 saturated carbocycles. The van der Waals surface area contributed by atoms with Crippen LogP contribution in [0.4, 0.5) is 0 Å². The molecular formula is C47H27N3OS. The van der Waals surface area contributed by atoms with Crippen molar-refractivity contribution in [2.75, 3.05) is 0 Å². The summed E-state index contributed by atoms with van der Waals surface area (Å²) in [5, 5.41) is 9.15. The third-order valence-electron chi connectivity index (χ3n) is 10.1. The van der Waals surface area contributed by atoms with E-state index in [0.717, 1.165) is 55.1 Å². The number of fused-ring (bicyclic) bond motifs is 8. The first-order chi connectivity index (χ1) is 25.7. The van der Waals surface area contributed by atoms with E-state index in [0.29, 0.717) is 17.5 Å². The van der Waals surface area contributed by atoms with Crippen LogP contribution in [0.15, 0.2) is 168 Å². The predicted molar refractivity (Wildman–Crippen MR) is 217 cm³/mol. The van der Waals surface area contributed by atoms with Gasteiger partial charge in [0.05, 0.1) is 0 Å². The molecule has 4 nitrogen and oxygen atoms in total. The van der Waals surface area contributed by atoms with E-state index in [1.165, 1.54) is 36.3 Å². The molecule has 0 unspecified atom stereocenters. The first-order valence-electron chi connectivity index (χ1n) is 17.3. The van der Waals surface area contributed by atoms with Crippen LogP contribution in [0.3, 0.4) is 0 Å². The zero-order chi connectivity index (χ0) is 34.2. The number of hydrogen-bond acceptors (Lipinski definition) is 5. The molecule has 8 aromatic carbocycles. The maximum absolute atomic E-state index is 6.55. The molecule has 0 bridgehead atoms. The summed E-state index contributed by atoms with van der Waals surface area (Å²) < 4.78 is 9.06. The highest BCUT2D eigenvalue weighted by molar-refractivity contribution is 7.25. The van der Waals surface area contributed by atoms with Gasteiger partial charge < -0.3 is 4.42 Å². The largest absolute Gasteiger partial charge is 0.456 e. The predicted octanol–water partition coefficient (Wildman–Crippen LogP) is 13.1. The molecule has 0 aliphatic heterocycles. The van der Waals surface area contributed by atoms with E-state index in [2.05, 4.69) is 152 Å². The molecule has 0 radical (unpaired) electrons. The lowest BCUT2D eigenvalue weighted by molar-refractivity contribution is 0.669. The van der Waals surface area contributed by atoms with Crippen LogP contribution in [0, 0.1) is 0 Å². The lowest BCUT2D eigenvalue weighted by Crippen LogP contribution is -2.01. The molecule has 52 heavy (non-hydrogen) atoms. The van der Waals surface area contributed by atoms with Gasteiger partial charge in [0.1, 0.15) is 11.2 Å². The van der Waals surface area contributed by atoms with Crippen molar-refractivity contribution in [3.8, 4) is 45.3 Å². The SMILES string of the molecule is c1ccc2cc(-c3cc(-c4nc(-c5ccc6ccccc6c5)nc(-c5ccc6sc7ccccc7c6c5)n4)c4c(c3)oc3ccccc34)ccc2c1. The van der Waals surface area contributed by atoms with Crippen molar-refractivity contribution in [3.63, 3.8) is 0 Å². The van der Waals surface area contributed by atoms with E-state index < -0.39 is 0 Å². The van der Waals surface area contributed by atoms with Crippen LogP contribution in [-0.2, 0) is 0 Å². The Morgan fingerprint density at radius 2 is 0.942 bits per heavy atom. The number of nitrogens with zero attached hydrogens (tertiary/aromatic N) is 3. The standard InChI is InChI=1S/C47H27N3OS/c1-3-11-30-23-32(19-17-28(30)9-1)35-26-39(44-37-14-5-7-15-40(37)51-41(44)27-35)47-49-45(33-20-18-29-10-2-4-12-31(29)24-33)48-46(50-47)34-21-22-43-38(25-34)36-13-6-8-16-42(36)52-43/h1-27H. The summed E-state index contributed by atoms with van der Waals surface area (Å²) >= 11 is 1.81. The second kappa shape index (κ2) is 11.4. The number of benzene rings is 8. The van der Waals surface area contributed by atoms with Crippen molar-refractivity contribution >= 4 is 75.0 Å². The molecule has 0 aliphatic rings. The van der Waals surface area contributed by atoms with E-state index in [4.69, 9.17) is 19.4 Å². The van der Waals surface area contributed by atoms with Gasteiger partial charge in [-0.2, -0.15) is 0 Å². The summed E-state index contributed by atoms with van der Waals surface area (Å²) in [6, 6.07) is 57.5. The fraction of sp³-hybridized carbons (Fsp3) is 0. The van der Waals surface area contributed by atoms with Crippen molar-refractivity contribution in [2.45, 2.75) is 0 Å². The number of thiophene rings is 1. The van der Waals surface area contributed by atoms with Gasteiger partial charge in [0.2, 0.25) is 0 Å². The fourth-order valence-corrected chi connectivity index (χ4v) is 8.60. The topological polar surface area (TPSA) is 51.8 Å². The van der Waals surface area contributed by atoms with E-state index in [9.17, 15) is 0 Å². The molecule has 0 fully saturated rings. The molecule has 0 spiro atoms. The molecule has 0 N–H and O–H groups in total. The van der Waals surface area contributed by atoms with Crippen LogP contribution in [0.2, 0.25) is 0 Å². The minimum atomic E-state index is 0.600. The molecular weight excluding hydrogens is 655 g/mol. The lowest BCUT2D eigenvalue weighted by Gasteiger charge is -2.12. The van der Waals surface area contributed by atoms with Crippen molar-refractivity contribution in [2.24, 2.45) is 0 Å². The Kier molecular flexibility index (Phi) is 6.39. The number of aromatic nitrogens is 3. The first kappa shape index (κ1) is 29.1. The zero-order valence-electron chi connectivity index (χ0n) is 27.7. The number of para-hydroxylation sites is 1. The first-order valence-corrected chi connectivity index (χ1v) is 18.2. The average molecular weight is 682 g/mol. The van der Waals surface area contributed by atoms with Gasteiger partial charge in [0, 0.05) is 47.6 Å². The quantitative estimate of drug-likeness (QED) is 0.185. The highest BCUT2D eigenvalue weighted by Crippen LogP contribution is 2.41. The molecule has 3 aromatic heterocycles. The smallest absolute Gasteiger partial charge is 0.164 e. The third-order valence-corrected chi connectivity index (χ3v) is 11.2. The zero-order valence-corrected chi connectivity index (χ0v) is 28.6. The van der Waals surface area contributed by atoms with Crippen LogP contribution in [0.25, 0.3) is 109 Å². The van der Waals surface area contributed by atoms with Gasteiger partial charge in [-0.1, -0.05) is 109 Å². The van der Waals surface area contributed by atoms with Gasteiger partial charge in [-0.3, -0.25) is 0 Å². The summed E-state index contributed by atoms with van der Waals surface area (Å²) in [5.41, 5.74) is 6.54. The summed E-state index contributed by atoms with van der Waals surface area (Å²) in [5.74, 6) is 1.85. The molecule has 0 amide bonds. The monoisotopic (exact) mass is 681 g/mol. The van der Waals surface area contributed by atoms with Gasteiger partial charge in [0.25, 0.3) is 0 Å². The highest BCUT2D eigenvalue weighted by atomic mass is 32.1. The van der Waals surface area contributed by atoms with E-state index in [1.54, 1.807) is 11.3 Å². The minimum Gasteiger partial charge on any atom is -0.456 e. The Labute approximate surface area is 302 Å². The Hall–Kier alpha value is -6.69. The molecule has 11 aromatic rings. The molecule has 5 heteroatoms. The molecule has 0 atom stereocenters. The summed E-state index contributed by atoms with van der Waals surface area (Å²) in [7, 11) is 0. The Morgan fingerprint density at radius 1 is 0.365 bits per heavy atom. The molecule has 0 saturated heterocycles. The van der Waals surface area contributed by atoms with Gasteiger partial charge in [-0.15, -0.1) is 11.3 Å². The van der Waals surface area contributed by atoms with Crippen LogP contribution in [-0.4, -0.2) is 15.0 Å². The van der Waals surface area contributed by atoms with Crippen molar-refractivity contribution in [1.29, 1.82) is 0 Å². The second-order valence-electron chi connectivity index (χ2n) is 13.2. The van der Waals surface area contributed by atoms with Crippen molar-refractivity contribution in [3.05, 3.63) is 164 Å². The number of furan rings is 1. The second-order valence-corrected chi connectivity index (χ2v) is 14.3. The number of hydrogen-bond donors (Lipinski definition) is 0. The number of rotatable bonds is 4. The van der Waals surface area contributed by atoms with Gasteiger partial charge >= 0.3 is 0 Å². The van der Waals surface area contributed by atoms with Gasteiger partial charge in [-0.25, -0.2) is 15.0 Å². The van der Waals surface area contributed by atoms with Crippen LogP contribution >= 0.6 is 11.3 Å². The molecule has 0 aliphatic carbocycles. The van der Waals surface area contributed by atoms with Crippen LogP contribution in [0.5, 0.6) is 0 Å².